The lowest BCUT2D eigenvalue weighted by atomic mass is 10.1. The fraction of sp³-hybridized carbons (Fsp3) is 0.333. The molecule has 20 heavy (non-hydrogen) atoms. The predicted octanol–water partition coefficient (Wildman–Crippen LogP) is 3.41. The van der Waals surface area contributed by atoms with E-state index in [4.69, 9.17) is 11.6 Å². The van der Waals surface area contributed by atoms with Crippen LogP contribution in [-0.4, -0.2) is 16.5 Å². The van der Waals surface area contributed by atoms with Crippen molar-refractivity contribution >= 4 is 17.5 Å². The van der Waals surface area contributed by atoms with Crippen molar-refractivity contribution in [3.63, 3.8) is 0 Å². The Morgan fingerprint density at radius 3 is 2.75 bits per heavy atom. The van der Waals surface area contributed by atoms with E-state index in [1.807, 2.05) is 0 Å². The third kappa shape index (κ3) is 2.90. The standard InChI is InChI=1S/C15H15ClFN3/c16-14-12-2-1-3-13(12)19-15(20-14)18-9-8-10-4-6-11(17)7-5-10/h4-7H,1-3,8-9H2,(H,18,19,20). The van der Waals surface area contributed by atoms with Gasteiger partial charge in [0.2, 0.25) is 5.95 Å². The Morgan fingerprint density at radius 2 is 1.95 bits per heavy atom. The first-order valence-electron chi connectivity index (χ1n) is 6.76. The Labute approximate surface area is 122 Å². The molecule has 0 unspecified atom stereocenters. The maximum absolute atomic E-state index is 12.8. The molecule has 0 saturated carbocycles. The topological polar surface area (TPSA) is 37.8 Å². The summed E-state index contributed by atoms with van der Waals surface area (Å²) in [6.45, 7) is 0.695. The van der Waals surface area contributed by atoms with Crippen LogP contribution in [0.4, 0.5) is 10.3 Å². The number of rotatable bonds is 4. The van der Waals surface area contributed by atoms with Crippen LogP contribution >= 0.6 is 11.6 Å². The summed E-state index contributed by atoms with van der Waals surface area (Å²) in [7, 11) is 0. The lowest BCUT2D eigenvalue weighted by molar-refractivity contribution is 0.627. The maximum atomic E-state index is 12.8. The second-order valence-corrected chi connectivity index (χ2v) is 5.28. The van der Waals surface area contributed by atoms with E-state index < -0.39 is 0 Å². The number of halogens is 2. The zero-order valence-corrected chi connectivity index (χ0v) is 11.8. The van der Waals surface area contributed by atoms with Crippen molar-refractivity contribution < 1.29 is 4.39 Å². The van der Waals surface area contributed by atoms with E-state index in [-0.39, 0.29) is 5.82 Å². The van der Waals surface area contributed by atoms with Crippen LogP contribution in [0.15, 0.2) is 24.3 Å². The first-order valence-corrected chi connectivity index (χ1v) is 7.14. The van der Waals surface area contributed by atoms with Gasteiger partial charge < -0.3 is 5.32 Å². The average molecular weight is 292 g/mol. The molecule has 0 aliphatic heterocycles. The van der Waals surface area contributed by atoms with E-state index >= 15 is 0 Å². The molecule has 3 rings (SSSR count). The molecule has 104 valence electrons. The van der Waals surface area contributed by atoms with Crippen LogP contribution in [0.5, 0.6) is 0 Å². The van der Waals surface area contributed by atoms with E-state index in [0.29, 0.717) is 17.6 Å². The largest absolute Gasteiger partial charge is 0.354 e. The minimum Gasteiger partial charge on any atom is -0.354 e. The van der Waals surface area contributed by atoms with E-state index in [1.165, 1.54) is 12.1 Å². The van der Waals surface area contributed by atoms with Gasteiger partial charge in [-0.2, -0.15) is 0 Å². The molecule has 0 radical (unpaired) electrons. The first kappa shape index (κ1) is 13.3. The smallest absolute Gasteiger partial charge is 0.224 e. The Balaban J connectivity index is 1.61. The molecule has 1 aliphatic rings. The summed E-state index contributed by atoms with van der Waals surface area (Å²) >= 11 is 6.16. The summed E-state index contributed by atoms with van der Waals surface area (Å²) in [5, 5.41) is 3.74. The third-order valence-electron chi connectivity index (χ3n) is 3.49. The molecule has 5 heteroatoms. The van der Waals surface area contributed by atoms with Crippen molar-refractivity contribution in [2.45, 2.75) is 25.7 Å². The quantitative estimate of drug-likeness (QED) is 0.877. The van der Waals surface area contributed by atoms with Gasteiger partial charge in [-0.1, -0.05) is 23.7 Å². The molecule has 0 atom stereocenters. The summed E-state index contributed by atoms with van der Waals surface area (Å²) < 4.78 is 12.8. The highest BCUT2D eigenvalue weighted by atomic mass is 35.5. The summed E-state index contributed by atoms with van der Waals surface area (Å²) in [5.41, 5.74) is 3.23. The molecule has 1 N–H and O–H groups in total. The van der Waals surface area contributed by atoms with Gasteiger partial charge in [0.1, 0.15) is 11.0 Å². The SMILES string of the molecule is Fc1ccc(CCNc2nc(Cl)c3c(n2)CCC3)cc1. The predicted molar refractivity (Wildman–Crippen MR) is 77.7 cm³/mol. The lowest BCUT2D eigenvalue weighted by Gasteiger charge is -2.08. The summed E-state index contributed by atoms with van der Waals surface area (Å²) in [4.78, 5) is 8.77. The van der Waals surface area contributed by atoms with E-state index in [2.05, 4.69) is 15.3 Å². The van der Waals surface area contributed by atoms with Crippen molar-refractivity contribution in [1.82, 2.24) is 9.97 Å². The van der Waals surface area contributed by atoms with E-state index in [9.17, 15) is 4.39 Å². The van der Waals surface area contributed by atoms with Gasteiger partial charge in [0, 0.05) is 12.1 Å². The van der Waals surface area contributed by atoms with Crippen LogP contribution in [0, 0.1) is 5.82 Å². The van der Waals surface area contributed by atoms with Crippen molar-refractivity contribution in [3.8, 4) is 0 Å². The van der Waals surface area contributed by atoms with Crippen molar-refractivity contribution in [2.24, 2.45) is 0 Å². The fourth-order valence-electron chi connectivity index (χ4n) is 2.44. The third-order valence-corrected chi connectivity index (χ3v) is 3.81. The number of nitrogens with zero attached hydrogens (tertiary/aromatic N) is 2. The number of hydrogen-bond acceptors (Lipinski definition) is 3. The highest BCUT2D eigenvalue weighted by Crippen LogP contribution is 2.26. The van der Waals surface area contributed by atoms with Gasteiger partial charge in [0.15, 0.2) is 0 Å². The molecule has 1 heterocycles. The molecule has 1 aromatic heterocycles. The molecule has 0 saturated heterocycles. The molecule has 2 aromatic rings. The average Bonchev–Trinajstić information content (AvgIpc) is 2.90. The van der Waals surface area contributed by atoms with Gasteiger partial charge in [-0.3, -0.25) is 0 Å². The van der Waals surface area contributed by atoms with Gasteiger partial charge >= 0.3 is 0 Å². The monoisotopic (exact) mass is 291 g/mol. The molecule has 0 fully saturated rings. The molecule has 0 spiro atoms. The molecule has 0 amide bonds. The number of aryl methyl sites for hydroxylation is 1. The molecular weight excluding hydrogens is 277 g/mol. The fourth-order valence-corrected chi connectivity index (χ4v) is 2.72. The van der Waals surface area contributed by atoms with Crippen molar-refractivity contribution in [2.75, 3.05) is 11.9 Å². The number of nitrogens with one attached hydrogen (secondary N) is 1. The highest BCUT2D eigenvalue weighted by molar-refractivity contribution is 6.30. The summed E-state index contributed by atoms with van der Waals surface area (Å²) in [5.74, 6) is 0.369. The molecule has 3 nitrogen and oxygen atoms in total. The van der Waals surface area contributed by atoms with Gasteiger partial charge in [0.05, 0.1) is 5.69 Å². The molecule has 1 aliphatic carbocycles. The number of benzene rings is 1. The zero-order chi connectivity index (χ0) is 13.9. The maximum Gasteiger partial charge on any atom is 0.224 e. The van der Waals surface area contributed by atoms with Crippen LogP contribution in [0.2, 0.25) is 5.15 Å². The van der Waals surface area contributed by atoms with Crippen LogP contribution in [0.3, 0.4) is 0 Å². The molecule has 0 bridgehead atoms. The number of fused-ring (bicyclic) bond motifs is 1. The molecular formula is C15H15ClFN3. The summed E-state index contributed by atoms with van der Waals surface area (Å²) in [6.07, 6.45) is 3.84. The highest BCUT2D eigenvalue weighted by Gasteiger charge is 2.17. The van der Waals surface area contributed by atoms with Crippen LogP contribution < -0.4 is 5.32 Å². The second-order valence-electron chi connectivity index (χ2n) is 4.92. The Morgan fingerprint density at radius 1 is 1.15 bits per heavy atom. The molecule has 1 aromatic carbocycles. The summed E-state index contributed by atoms with van der Waals surface area (Å²) in [6, 6.07) is 6.51. The number of hydrogen-bond donors (Lipinski definition) is 1. The zero-order valence-electron chi connectivity index (χ0n) is 11.0. The minimum absolute atomic E-state index is 0.213. The van der Waals surface area contributed by atoms with Gasteiger partial charge in [-0.05, 0) is 43.4 Å². The van der Waals surface area contributed by atoms with Gasteiger partial charge in [-0.15, -0.1) is 0 Å². The van der Waals surface area contributed by atoms with E-state index in [1.54, 1.807) is 12.1 Å². The normalized spacial score (nSPS) is 13.3. The Hall–Kier alpha value is -1.68. The van der Waals surface area contributed by atoms with Gasteiger partial charge in [0.25, 0.3) is 0 Å². The second kappa shape index (κ2) is 5.75. The van der Waals surface area contributed by atoms with Gasteiger partial charge in [-0.25, -0.2) is 14.4 Å². The van der Waals surface area contributed by atoms with Crippen molar-refractivity contribution in [1.29, 1.82) is 0 Å². The van der Waals surface area contributed by atoms with Crippen LogP contribution in [0.1, 0.15) is 23.2 Å². The number of anilines is 1. The minimum atomic E-state index is -0.213. The van der Waals surface area contributed by atoms with E-state index in [0.717, 1.165) is 42.5 Å². The van der Waals surface area contributed by atoms with Crippen LogP contribution in [-0.2, 0) is 19.3 Å². The lowest BCUT2D eigenvalue weighted by Crippen LogP contribution is -2.09. The first-order chi connectivity index (χ1) is 9.72. The van der Waals surface area contributed by atoms with Crippen LogP contribution in [0.25, 0.3) is 0 Å². The Bertz CT molecular complexity index is 613. The van der Waals surface area contributed by atoms with Crippen molar-refractivity contribution in [3.05, 3.63) is 52.1 Å². The Kier molecular flexibility index (Phi) is 3.83. The number of aromatic nitrogens is 2.